The average molecular weight is 273 g/mol. The molecular formula is C15H15NO2S. The molecule has 0 atom stereocenters. The fourth-order valence-corrected chi connectivity index (χ4v) is 1.71. The minimum Gasteiger partial charge on any atom is -0.468 e. The Hall–Kier alpha value is -1.91. The van der Waals surface area contributed by atoms with E-state index in [1.165, 1.54) is 0 Å². The van der Waals surface area contributed by atoms with Crippen LogP contribution in [0.3, 0.4) is 0 Å². The Balaban J connectivity index is 1.80. The average Bonchev–Trinajstić information content (AvgIpc) is 2.45. The number of hydrogen-bond acceptors (Lipinski definition) is 3. The summed E-state index contributed by atoms with van der Waals surface area (Å²) in [5, 5.41) is 0. The van der Waals surface area contributed by atoms with Crippen molar-refractivity contribution in [3.63, 3.8) is 0 Å². The summed E-state index contributed by atoms with van der Waals surface area (Å²) in [6, 6.07) is 17.3. The highest BCUT2D eigenvalue weighted by molar-refractivity contribution is 7.80. The van der Waals surface area contributed by atoms with Gasteiger partial charge < -0.3 is 15.2 Å². The minimum absolute atomic E-state index is 0.190. The van der Waals surface area contributed by atoms with Crippen LogP contribution in [0.2, 0.25) is 0 Å². The van der Waals surface area contributed by atoms with Gasteiger partial charge in [0.2, 0.25) is 0 Å². The fourth-order valence-electron chi connectivity index (χ4n) is 1.58. The molecule has 0 aromatic heterocycles. The molecule has 0 saturated carbocycles. The largest absolute Gasteiger partial charge is 0.468 e. The van der Waals surface area contributed by atoms with Gasteiger partial charge in [0.05, 0.1) is 6.61 Å². The van der Waals surface area contributed by atoms with Crippen molar-refractivity contribution in [2.24, 2.45) is 5.73 Å². The number of hydrogen-bond donors (Lipinski definition) is 1. The predicted molar refractivity (Wildman–Crippen MR) is 79.1 cm³/mol. The number of thiocarbonyl (C=S) groups is 1. The summed E-state index contributed by atoms with van der Waals surface area (Å²) in [6.07, 6.45) is 0. The molecule has 0 radical (unpaired) electrons. The number of nitrogens with two attached hydrogens (primary N) is 1. The monoisotopic (exact) mass is 273 g/mol. The molecule has 98 valence electrons. The van der Waals surface area contributed by atoms with Gasteiger partial charge in [0.25, 0.3) is 0 Å². The van der Waals surface area contributed by atoms with Crippen molar-refractivity contribution in [1.29, 1.82) is 0 Å². The molecule has 4 heteroatoms. The first-order valence-corrected chi connectivity index (χ1v) is 6.31. The van der Waals surface area contributed by atoms with E-state index in [0.29, 0.717) is 17.3 Å². The maximum Gasteiger partial charge on any atom is 0.189 e. The van der Waals surface area contributed by atoms with Crippen molar-refractivity contribution < 1.29 is 9.47 Å². The van der Waals surface area contributed by atoms with E-state index in [1.54, 1.807) is 6.07 Å². The van der Waals surface area contributed by atoms with Gasteiger partial charge in [-0.1, -0.05) is 54.7 Å². The molecule has 0 fully saturated rings. The van der Waals surface area contributed by atoms with Crippen LogP contribution < -0.4 is 10.5 Å². The van der Waals surface area contributed by atoms with E-state index in [1.807, 2.05) is 48.5 Å². The van der Waals surface area contributed by atoms with Crippen molar-refractivity contribution in [3.05, 3.63) is 65.7 Å². The minimum atomic E-state index is 0.190. The summed E-state index contributed by atoms with van der Waals surface area (Å²) < 4.78 is 10.9. The van der Waals surface area contributed by atoms with Crippen LogP contribution in [0.1, 0.15) is 11.1 Å². The molecule has 19 heavy (non-hydrogen) atoms. The zero-order chi connectivity index (χ0) is 13.5. The highest BCUT2D eigenvalue weighted by Gasteiger charge is 1.99. The second-order valence-electron chi connectivity index (χ2n) is 3.99. The first-order chi connectivity index (χ1) is 9.25. The maximum atomic E-state index is 5.56. The van der Waals surface area contributed by atoms with Gasteiger partial charge in [-0.15, -0.1) is 0 Å². The fraction of sp³-hybridized carbons (Fsp3) is 0.133. The van der Waals surface area contributed by atoms with Gasteiger partial charge in [-0.3, -0.25) is 0 Å². The molecule has 0 saturated heterocycles. The summed E-state index contributed by atoms with van der Waals surface area (Å²) in [7, 11) is 0. The van der Waals surface area contributed by atoms with Gasteiger partial charge in [0.15, 0.2) is 6.79 Å². The van der Waals surface area contributed by atoms with E-state index in [-0.39, 0.29) is 6.79 Å². The molecule has 2 aromatic rings. The van der Waals surface area contributed by atoms with Crippen molar-refractivity contribution in [1.82, 2.24) is 0 Å². The smallest absolute Gasteiger partial charge is 0.189 e. The summed E-state index contributed by atoms with van der Waals surface area (Å²) in [4.78, 5) is 0.357. The predicted octanol–water partition coefficient (Wildman–Crippen LogP) is 2.87. The van der Waals surface area contributed by atoms with Crippen molar-refractivity contribution in [2.45, 2.75) is 6.61 Å². The van der Waals surface area contributed by atoms with Gasteiger partial charge in [0.1, 0.15) is 10.7 Å². The van der Waals surface area contributed by atoms with Crippen molar-refractivity contribution in [2.75, 3.05) is 6.79 Å². The molecule has 0 bridgehead atoms. The van der Waals surface area contributed by atoms with Gasteiger partial charge in [-0.05, 0) is 17.7 Å². The van der Waals surface area contributed by atoms with Crippen molar-refractivity contribution in [3.8, 4) is 5.75 Å². The zero-order valence-corrected chi connectivity index (χ0v) is 11.2. The van der Waals surface area contributed by atoms with Gasteiger partial charge in [-0.2, -0.15) is 0 Å². The second kappa shape index (κ2) is 6.87. The van der Waals surface area contributed by atoms with E-state index in [0.717, 1.165) is 11.1 Å². The quantitative estimate of drug-likeness (QED) is 0.499. The Morgan fingerprint density at radius 3 is 2.58 bits per heavy atom. The lowest BCUT2D eigenvalue weighted by Gasteiger charge is -2.08. The molecule has 3 nitrogen and oxygen atoms in total. The summed E-state index contributed by atoms with van der Waals surface area (Å²) in [6.45, 7) is 0.714. The molecular weight excluding hydrogens is 258 g/mol. The third kappa shape index (κ3) is 4.35. The Morgan fingerprint density at radius 1 is 1.05 bits per heavy atom. The van der Waals surface area contributed by atoms with Crippen LogP contribution in [0.15, 0.2) is 54.6 Å². The Kier molecular flexibility index (Phi) is 4.89. The third-order valence-corrected chi connectivity index (χ3v) is 2.77. The van der Waals surface area contributed by atoms with Gasteiger partial charge in [0, 0.05) is 5.56 Å². The Morgan fingerprint density at radius 2 is 1.84 bits per heavy atom. The van der Waals surface area contributed by atoms with E-state index in [9.17, 15) is 0 Å². The van der Waals surface area contributed by atoms with Crippen LogP contribution in [-0.4, -0.2) is 11.8 Å². The first kappa shape index (κ1) is 13.5. The van der Waals surface area contributed by atoms with E-state index in [2.05, 4.69) is 0 Å². The molecule has 0 heterocycles. The lowest BCUT2D eigenvalue weighted by molar-refractivity contribution is 0.00504. The zero-order valence-electron chi connectivity index (χ0n) is 10.4. The lowest BCUT2D eigenvalue weighted by atomic mass is 10.2. The lowest BCUT2D eigenvalue weighted by Crippen LogP contribution is -2.09. The molecule has 0 aliphatic carbocycles. The maximum absolute atomic E-state index is 5.56. The SMILES string of the molecule is NC(=S)c1cccc(OCOCc2ccccc2)c1. The van der Waals surface area contributed by atoms with Crippen LogP contribution >= 0.6 is 12.2 Å². The van der Waals surface area contributed by atoms with E-state index < -0.39 is 0 Å². The summed E-state index contributed by atoms with van der Waals surface area (Å²) in [5.41, 5.74) is 7.46. The van der Waals surface area contributed by atoms with E-state index >= 15 is 0 Å². The van der Waals surface area contributed by atoms with Crippen LogP contribution in [-0.2, 0) is 11.3 Å². The van der Waals surface area contributed by atoms with Crippen molar-refractivity contribution >= 4 is 17.2 Å². The van der Waals surface area contributed by atoms with Crippen LogP contribution in [0.5, 0.6) is 5.75 Å². The van der Waals surface area contributed by atoms with Crippen LogP contribution in [0.25, 0.3) is 0 Å². The first-order valence-electron chi connectivity index (χ1n) is 5.90. The highest BCUT2D eigenvalue weighted by Crippen LogP contribution is 2.13. The Bertz CT molecular complexity index is 543. The van der Waals surface area contributed by atoms with Gasteiger partial charge in [-0.25, -0.2) is 0 Å². The van der Waals surface area contributed by atoms with E-state index in [4.69, 9.17) is 27.4 Å². The molecule has 0 spiro atoms. The number of rotatable bonds is 6. The molecule has 0 unspecified atom stereocenters. The molecule has 0 amide bonds. The molecule has 2 aromatic carbocycles. The summed E-state index contributed by atoms with van der Waals surface area (Å²) >= 11 is 4.91. The molecule has 0 aliphatic heterocycles. The number of ether oxygens (including phenoxy) is 2. The standard InChI is InChI=1S/C15H15NO2S/c16-15(19)13-7-4-8-14(9-13)18-11-17-10-12-5-2-1-3-6-12/h1-9H,10-11H2,(H2,16,19). The molecule has 2 N–H and O–H groups in total. The number of benzene rings is 2. The van der Waals surface area contributed by atoms with Crippen LogP contribution in [0, 0.1) is 0 Å². The molecule has 0 aliphatic rings. The molecule has 2 rings (SSSR count). The second-order valence-corrected chi connectivity index (χ2v) is 4.43. The Labute approximate surface area is 118 Å². The third-order valence-electron chi connectivity index (χ3n) is 2.54. The van der Waals surface area contributed by atoms with Crippen LogP contribution in [0.4, 0.5) is 0 Å². The van der Waals surface area contributed by atoms with Gasteiger partial charge >= 0.3 is 0 Å². The summed E-state index contributed by atoms with van der Waals surface area (Å²) in [5.74, 6) is 0.693. The normalized spacial score (nSPS) is 10.1. The highest BCUT2D eigenvalue weighted by atomic mass is 32.1. The topological polar surface area (TPSA) is 44.5 Å².